The molecule has 1 N–H and O–H groups in total. The van der Waals surface area contributed by atoms with Gasteiger partial charge < -0.3 is 10.1 Å². The third-order valence-corrected chi connectivity index (χ3v) is 6.62. The van der Waals surface area contributed by atoms with Crippen LogP contribution in [-0.2, 0) is 9.53 Å². The van der Waals surface area contributed by atoms with E-state index in [4.69, 9.17) is 11.6 Å². The van der Waals surface area contributed by atoms with Gasteiger partial charge in [0.1, 0.15) is 11.9 Å². The fraction of sp³-hybridized carbons (Fsp3) is 0.400. The molecule has 0 aliphatic heterocycles. The molecule has 2 heterocycles. The van der Waals surface area contributed by atoms with Crippen molar-refractivity contribution >= 4 is 40.2 Å². The van der Waals surface area contributed by atoms with Crippen LogP contribution in [0.25, 0.3) is 10.9 Å². The number of pyridine rings is 1. The minimum absolute atomic E-state index is 0.279. The van der Waals surface area contributed by atoms with Gasteiger partial charge in [-0.1, -0.05) is 43.7 Å². The molecule has 9 heteroatoms. The predicted octanol–water partition coefficient (Wildman–Crippen LogP) is 4.69. The Morgan fingerprint density at radius 1 is 1.21 bits per heavy atom. The number of ether oxygens (including phenoxy) is 1. The Hall–Kier alpha value is -3.26. The molecule has 8 nitrogen and oxygen atoms in total. The quantitative estimate of drug-likeness (QED) is 0.511. The van der Waals surface area contributed by atoms with Gasteiger partial charge in [-0.25, -0.2) is 14.8 Å². The van der Waals surface area contributed by atoms with Crippen molar-refractivity contribution in [2.24, 2.45) is 5.92 Å². The third-order valence-electron chi connectivity index (χ3n) is 6.40. The van der Waals surface area contributed by atoms with Crippen LogP contribution in [0.15, 0.2) is 41.6 Å². The number of nitrogens with one attached hydrogen (secondary N) is 1. The van der Waals surface area contributed by atoms with Crippen LogP contribution in [0, 0.1) is 12.8 Å². The summed E-state index contributed by atoms with van der Waals surface area (Å²) in [6.45, 7) is 1.85. The molecule has 1 atom stereocenters. The highest BCUT2D eigenvalue weighted by molar-refractivity contribution is 6.31. The number of hydrogen-bond donors (Lipinski definition) is 1. The van der Waals surface area contributed by atoms with Crippen LogP contribution >= 0.6 is 11.6 Å². The molecule has 4 rings (SSSR count). The van der Waals surface area contributed by atoms with E-state index in [9.17, 15) is 14.4 Å². The van der Waals surface area contributed by atoms with Gasteiger partial charge in [0.2, 0.25) is 5.91 Å². The van der Waals surface area contributed by atoms with Crippen molar-refractivity contribution in [1.82, 2.24) is 14.5 Å². The van der Waals surface area contributed by atoms with Gasteiger partial charge in [-0.15, -0.1) is 0 Å². The van der Waals surface area contributed by atoms with E-state index in [1.807, 2.05) is 6.92 Å². The normalized spacial score (nSPS) is 15.1. The number of aryl methyl sites for hydroxylation is 1. The van der Waals surface area contributed by atoms with Crippen molar-refractivity contribution < 1.29 is 14.3 Å². The molecule has 0 bridgehead atoms. The van der Waals surface area contributed by atoms with Gasteiger partial charge in [-0.05, 0) is 49.1 Å². The Morgan fingerprint density at radius 3 is 2.65 bits per heavy atom. The number of fused-ring (bicyclic) bond motifs is 1. The Labute approximate surface area is 202 Å². The summed E-state index contributed by atoms with van der Waals surface area (Å²) in [5.74, 6) is -0.246. The molecule has 3 aromatic rings. The number of amides is 1. The highest BCUT2D eigenvalue weighted by Gasteiger charge is 2.28. The second-order valence-electron chi connectivity index (χ2n) is 8.74. The molecule has 1 fully saturated rings. The van der Waals surface area contributed by atoms with Crippen LogP contribution in [0.2, 0.25) is 5.02 Å². The van der Waals surface area contributed by atoms with Gasteiger partial charge in [0.15, 0.2) is 0 Å². The van der Waals surface area contributed by atoms with Gasteiger partial charge in [-0.3, -0.25) is 14.2 Å². The first-order valence-electron chi connectivity index (χ1n) is 11.4. The van der Waals surface area contributed by atoms with Crippen LogP contribution in [0.4, 0.5) is 5.82 Å². The summed E-state index contributed by atoms with van der Waals surface area (Å²) in [6.07, 6.45) is 8.80. The number of esters is 1. The number of hydrogen-bond acceptors (Lipinski definition) is 6. The van der Waals surface area contributed by atoms with Crippen LogP contribution in [0.1, 0.15) is 60.5 Å². The van der Waals surface area contributed by atoms with Gasteiger partial charge in [0.25, 0.3) is 5.56 Å². The summed E-state index contributed by atoms with van der Waals surface area (Å²) in [5.41, 5.74) is 1.35. The Balaban J connectivity index is 1.68. The molecule has 0 saturated heterocycles. The number of benzene rings is 1. The smallest absolute Gasteiger partial charge is 0.339 e. The number of carbonyl (C=O) groups is 2. The maximum absolute atomic E-state index is 13.4. The maximum Gasteiger partial charge on any atom is 0.339 e. The molecular weight excluding hydrogens is 456 g/mol. The summed E-state index contributed by atoms with van der Waals surface area (Å²) in [4.78, 5) is 47.2. The van der Waals surface area contributed by atoms with Crippen molar-refractivity contribution in [3.05, 3.63) is 63.3 Å². The Bertz CT molecular complexity index is 1270. The first-order valence-corrected chi connectivity index (χ1v) is 11.8. The van der Waals surface area contributed by atoms with E-state index in [0.717, 1.165) is 31.2 Å². The van der Waals surface area contributed by atoms with Crippen LogP contribution in [0.5, 0.6) is 0 Å². The molecule has 1 saturated carbocycles. The molecule has 1 aromatic carbocycles. The first-order chi connectivity index (χ1) is 16.4. The monoisotopic (exact) mass is 482 g/mol. The topological polar surface area (TPSA) is 103 Å². The number of nitrogens with zero attached hydrogens (tertiary/aromatic N) is 3. The van der Waals surface area contributed by atoms with Crippen molar-refractivity contribution in [1.29, 1.82) is 0 Å². The average molecular weight is 483 g/mol. The number of rotatable bonds is 6. The summed E-state index contributed by atoms with van der Waals surface area (Å²) < 4.78 is 6.09. The molecule has 2 aromatic heterocycles. The lowest BCUT2D eigenvalue weighted by atomic mass is 9.84. The van der Waals surface area contributed by atoms with Crippen LogP contribution in [0.3, 0.4) is 0 Å². The number of methoxy groups -OCH3 is 1. The van der Waals surface area contributed by atoms with E-state index in [1.54, 1.807) is 12.1 Å². The summed E-state index contributed by atoms with van der Waals surface area (Å²) in [5, 5.41) is 3.63. The number of aromatic nitrogens is 3. The van der Waals surface area contributed by atoms with E-state index in [2.05, 4.69) is 20.0 Å². The largest absolute Gasteiger partial charge is 0.465 e. The molecule has 1 aliphatic rings. The van der Waals surface area contributed by atoms with Gasteiger partial charge >= 0.3 is 5.97 Å². The standard InChI is InChI=1S/C25H27ClN4O4/c1-15-10-18(26)12-19-22(15)28-14-30(24(19)32)20(11-16-6-4-3-5-7-16)23(31)29-21-9-8-17(13-27-21)25(33)34-2/h8-10,12-14,16,20H,3-7,11H2,1-2H3,(H,27,29,31). The molecular formula is C25H27ClN4O4. The number of anilines is 1. The van der Waals surface area contributed by atoms with Crippen molar-refractivity contribution in [2.45, 2.75) is 51.5 Å². The molecule has 1 amide bonds. The molecule has 1 aliphatic carbocycles. The molecule has 178 valence electrons. The zero-order valence-corrected chi connectivity index (χ0v) is 20.0. The fourth-order valence-corrected chi connectivity index (χ4v) is 4.88. The highest BCUT2D eigenvalue weighted by Crippen LogP contribution is 2.31. The van der Waals surface area contributed by atoms with Crippen molar-refractivity contribution in [3.8, 4) is 0 Å². The average Bonchev–Trinajstić information content (AvgIpc) is 2.84. The SMILES string of the molecule is COC(=O)c1ccc(NC(=O)C(CC2CCCCC2)n2cnc3c(C)cc(Cl)cc3c2=O)nc1. The summed E-state index contributed by atoms with van der Waals surface area (Å²) >= 11 is 6.20. The molecule has 0 spiro atoms. The molecule has 0 radical (unpaired) electrons. The third kappa shape index (κ3) is 5.12. The minimum atomic E-state index is -0.756. The van der Waals surface area contributed by atoms with Crippen molar-refractivity contribution in [3.63, 3.8) is 0 Å². The van der Waals surface area contributed by atoms with E-state index in [-0.39, 0.29) is 22.8 Å². The zero-order chi connectivity index (χ0) is 24.2. The van der Waals surface area contributed by atoms with E-state index in [1.165, 1.54) is 42.8 Å². The second-order valence-corrected chi connectivity index (χ2v) is 9.18. The Kier molecular flexibility index (Phi) is 7.26. The lowest BCUT2D eigenvalue weighted by Crippen LogP contribution is -2.35. The summed E-state index contributed by atoms with van der Waals surface area (Å²) in [6, 6.07) is 5.66. The van der Waals surface area contributed by atoms with E-state index >= 15 is 0 Å². The number of carbonyl (C=O) groups excluding carboxylic acids is 2. The molecule has 1 unspecified atom stereocenters. The first kappa shape index (κ1) is 23.9. The summed E-state index contributed by atoms with van der Waals surface area (Å²) in [7, 11) is 1.29. The van der Waals surface area contributed by atoms with E-state index in [0.29, 0.717) is 28.3 Å². The second kappa shape index (κ2) is 10.3. The fourth-order valence-electron chi connectivity index (χ4n) is 4.60. The Morgan fingerprint density at radius 2 is 1.97 bits per heavy atom. The van der Waals surface area contributed by atoms with Gasteiger partial charge in [0.05, 0.1) is 29.9 Å². The van der Waals surface area contributed by atoms with Crippen molar-refractivity contribution in [2.75, 3.05) is 12.4 Å². The maximum atomic E-state index is 13.4. The lowest BCUT2D eigenvalue weighted by molar-refractivity contribution is -0.120. The highest BCUT2D eigenvalue weighted by atomic mass is 35.5. The number of halogens is 1. The van der Waals surface area contributed by atoms with Crippen LogP contribution < -0.4 is 10.9 Å². The minimum Gasteiger partial charge on any atom is -0.465 e. The van der Waals surface area contributed by atoms with E-state index < -0.39 is 12.0 Å². The van der Waals surface area contributed by atoms with Gasteiger partial charge in [0, 0.05) is 11.2 Å². The zero-order valence-electron chi connectivity index (χ0n) is 19.2. The molecule has 34 heavy (non-hydrogen) atoms. The lowest BCUT2D eigenvalue weighted by Gasteiger charge is -2.27. The van der Waals surface area contributed by atoms with Gasteiger partial charge in [-0.2, -0.15) is 0 Å². The van der Waals surface area contributed by atoms with Crippen LogP contribution in [-0.4, -0.2) is 33.5 Å². The predicted molar refractivity (Wildman–Crippen MR) is 130 cm³/mol.